The van der Waals surface area contributed by atoms with Crippen LogP contribution in [-0.4, -0.2) is 58.1 Å². The minimum absolute atomic E-state index is 0. The molecule has 1 atom stereocenters. The van der Waals surface area contributed by atoms with Crippen LogP contribution in [0.3, 0.4) is 0 Å². The fourth-order valence-electron chi connectivity index (χ4n) is 3.45. The first kappa shape index (κ1) is 26.1. The van der Waals surface area contributed by atoms with Crippen LogP contribution in [0, 0.1) is 5.92 Å². The van der Waals surface area contributed by atoms with Crippen LogP contribution in [0.25, 0.3) is 0 Å². The molecule has 0 bridgehead atoms. The molecule has 2 aromatic rings. The molecule has 1 N–H and O–H groups in total. The lowest BCUT2D eigenvalue weighted by molar-refractivity contribution is 0.00884. The van der Waals surface area contributed by atoms with Crippen molar-refractivity contribution < 1.29 is 14.3 Å². The van der Waals surface area contributed by atoms with Crippen LogP contribution in [0.4, 0.5) is 16.2 Å². The van der Waals surface area contributed by atoms with Crippen LogP contribution in [-0.2, 0) is 4.74 Å². The van der Waals surface area contributed by atoms with Gasteiger partial charge in [0.15, 0.2) is 3.92 Å². The minimum atomic E-state index is -0.539. The molecule has 0 aliphatic carbocycles. The summed E-state index contributed by atoms with van der Waals surface area (Å²) in [6.45, 7) is 11.6. The monoisotopic (exact) mass is 525 g/mol. The van der Waals surface area contributed by atoms with E-state index >= 15 is 0 Å². The average molecular weight is 527 g/mol. The predicted octanol–water partition coefficient (Wildman–Crippen LogP) is 5.27. The van der Waals surface area contributed by atoms with E-state index in [1.54, 1.807) is 17.8 Å². The van der Waals surface area contributed by atoms with E-state index in [0.29, 0.717) is 34.9 Å². The summed E-state index contributed by atoms with van der Waals surface area (Å²) in [4.78, 5) is 37.7. The Morgan fingerprint density at radius 3 is 2.62 bits per heavy atom. The van der Waals surface area contributed by atoms with E-state index in [0.717, 1.165) is 5.69 Å². The Hall–Kier alpha value is -2.20. The molecule has 0 saturated carbocycles. The van der Waals surface area contributed by atoms with Crippen molar-refractivity contribution in [2.24, 2.45) is 5.92 Å². The maximum Gasteiger partial charge on any atom is 0.410 e. The molecule has 1 saturated heterocycles. The molecule has 176 valence electrons. The van der Waals surface area contributed by atoms with E-state index in [1.807, 2.05) is 31.7 Å². The summed E-state index contributed by atoms with van der Waals surface area (Å²) in [6, 6.07) is 1.86. The van der Waals surface area contributed by atoms with Crippen molar-refractivity contribution >= 4 is 50.6 Å². The van der Waals surface area contributed by atoms with E-state index in [9.17, 15) is 9.59 Å². The number of nitrogens with zero attached hydrogens (tertiary/aromatic N) is 4. The summed E-state index contributed by atoms with van der Waals surface area (Å²) in [5, 5.41) is 4.62. The highest BCUT2D eigenvalue weighted by Crippen LogP contribution is 2.30. The highest BCUT2D eigenvalue weighted by atomic mass is 79.9. The second kappa shape index (κ2) is 10.6. The Balaban J connectivity index is 0.00000363. The van der Waals surface area contributed by atoms with Gasteiger partial charge in [0.1, 0.15) is 11.3 Å². The van der Waals surface area contributed by atoms with Crippen molar-refractivity contribution in [1.29, 1.82) is 0 Å². The van der Waals surface area contributed by atoms with Crippen molar-refractivity contribution in [1.82, 2.24) is 14.9 Å². The molecule has 1 aliphatic rings. The number of thiazole rings is 1. The van der Waals surface area contributed by atoms with Gasteiger partial charge in [0, 0.05) is 31.2 Å². The average Bonchev–Trinajstić information content (AvgIpc) is 3.13. The molecule has 10 heteroatoms. The number of piperazine rings is 1. The third-order valence-corrected chi connectivity index (χ3v) is 6.28. The number of carbonyl (C=O) groups excluding carboxylic acids is 2. The molecule has 3 rings (SSSR count). The molecule has 0 aromatic carbocycles. The molecule has 32 heavy (non-hydrogen) atoms. The highest BCUT2D eigenvalue weighted by Gasteiger charge is 2.35. The van der Waals surface area contributed by atoms with Crippen molar-refractivity contribution in [3.63, 3.8) is 0 Å². The summed E-state index contributed by atoms with van der Waals surface area (Å²) in [7, 11) is 0. The minimum Gasteiger partial charge on any atom is -0.444 e. The van der Waals surface area contributed by atoms with Gasteiger partial charge in [-0.1, -0.05) is 21.3 Å². The Labute approximate surface area is 202 Å². The molecule has 3 heterocycles. The molecule has 0 spiro atoms. The Morgan fingerprint density at radius 2 is 2.03 bits per heavy atom. The predicted molar refractivity (Wildman–Crippen MR) is 133 cm³/mol. The lowest BCUT2D eigenvalue weighted by atomic mass is 9.99. The van der Waals surface area contributed by atoms with Crippen LogP contribution in [0.2, 0.25) is 0 Å². The van der Waals surface area contributed by atoms with E-state index in [2.05, 4.69) is 50.0 Å². The first-order valence-corrected chi connectivity index (χ1v) is 11.8. The van der Waals surface area contributed by atoms with Crippen LogP contribution in [0.15, 0.2) is 27.8 Å². The quantitative estimate of drug-likeness (QED) is 0.584. The SMILES string of the molecule is C.CC(C)[C@@H]1CN(c2ccncc2NC(=O)c2csc(Br)n2)CCN1C(=O)OC(C)(C)C. The summed E-state index contributed by atoms with van der Waals surface area (Å²) in [5.74, 6) is -0.0495. The Kier molecular flexibility index (Phi) is 8.64. The van der Waals surface area contributed by atoms with Gasteiger partial charge in [-0.05, 0) is 48.7 Å². The number of aromatic nitrogens is 2. The Bertz CT molecular complexity index is 944. The number of halogens is 1. The molecule has 1 aliphatic heterocycles. The van der Waals surface area contributed by atoms with Gasteiger partial charge >= 0.3 is 6.09 Å². The molecular weight excluding hydrogens is 494 g/mol. The first-order chi connectivity index (χ1) is 14.5. The van der Waals surface area contributed by atoms with Crippen LogP contribution < -0.4 is 10.2 Å². The topological polar surface area (TPSA) is 87.7 Å². The molecular formula is C22H32BrN5O3S. The summed E-state index contributed by atoms with van der Waals surface area (Å²) in [6.07, 6.45) is 3.05. The molecule has 2 amide bonds. The van der Waals surface area contributed by atoms with E-state index in [-0.39, 0.29) is 31.4 Å². The molecule has 2 aromatic heterocycles. The molecule has 1 fully saturated rings. The molecule has 0 radical (unpaired) electrons. The largest absolute Gasteiger partial charge is 0.444 e. The van der Waals surface area contributed by atoms with Gasteiger partial charge in [-0.15, -0.1) is 11.3 Å². The third-order valence-electron chi connectivity index (χ3n) is 4.91. The van der Waals surface area contributed by atoms with E-state index < -0.39 is 5.60 Å². The number of ether oxygens (including phenoxy) is 1. The van der Waals surface area contributed by atoms with Crippen LogP contribution >= 0.6 is 27.3 Å². The maximum absolute atomic E-state index is 12.8. The van der Waals surface area contributed by atoms with Crippen molar-refractivity contribution in [3.05, 3.63) is 33.5 Å². The van der Waals surface area contributed by atoms with Gasteiger partial charge in [-0.2, -0.15) is 0 Å². The lowest BCUT2D eigenvalue weighted by Crippen LogP contribution is -2.58. The zero-order chi connectivity index (χ0) is 22.8. The van der Waals surface area contributed by atoms with Crippen LogP contribution in [0.1, 0.15) is 52.5 Å². The third kappa shape index (κ3) is 6.41. The van der Waals surface area contributed by atoms with Crippen LogP contribution in [0.5, 0.6) is 0 Å². The number of hydrogen-bond donors (Lipinski definition) is 1. The van der Waals surface area contributed by atoms with Gasteiger partial charge in [-0.3, -0.25) is 9.78 Å². The van der Waals surface area contributed by atoms with Gasteiger partial charge in [0.05, 0.1) is 23.6 Å². The second-order valence-electron chi connectivity index (χ2n) is 8.76. The van der Waals surface area contributed by atoms with Crippen molar-refractivity contribution in [3.8, 4) is 0 Å². The van der Waals surface area contributed by atoms with Gasteiger partial charge in [0.2, 0.25) is 0 Å². The number of hydrogen-bond acceptors (Lipinski definition) is 7. The maximum atomic E-state index is 12.8. The van der Waals surface area contributed by atoms with E-state index in [1.165, 1.54) is 11.3 Å². The number of nitrogens with one attached hydrogen (secondary N) is 1. The first-order valence-electron chi connectivity index (χ1n) is 10.2. The fraction of sp³-hybridized carbons (Fsp3) is 0.545. The normalized spacial score (nSPS) is 16.5. The fourth-order valence-corrected chi connectivity index (χ4v) is 4.44. The van der Waals surface area contributed by atoms with Crippen molar-refractivity contribution in [2.75, 3.05) is 29.9 Å². The number of pyridine rings is 1. The summed E-state index contributed by atoms with van der Waals surface area (Å²) in [5.41, 5.74) is 1.29. The number of anilines is 2. The van der Waals surface area contributed by atoms with Crippen molar-refractivity contribution in [2.45, 2.75) is 53.7 Å². The highest BCUT2D eigenvalue weighted by molar-refractivity contribution is 9.11. The standard InChI is InChI=1S/C21H28BrN5O3S.CH4/c1-13(2)17-11-26(8-9-27(17)20(29)30-21(3,4)5)16-6-7-23-10-14(16)24-18(28)15-12-31-19(22)25-15;/h6-7,10,12-13,17H,8-9,11H2,1-5H3,(H,24,28);1H4/t17-;/m0./s1. The number of amides is 2. The zero-order valence-electron chi connectivity index (χ0n) is 18.4. The van der Waals surface area contributed by atoms with Gasteiger partial charge in [-0.25, -0.2) is 9.78 Å². The Morgan fingerprint density at radius 1 is 1.31 bits per heavy atom. The molecule has 0 unspecified atom stereocenters. The summed E-state index contributed by atoms with van der Waals surface area (Å²) >= 11 is 4.64. The number of carbonyl (C=O) groups is 2. The van der Waals surface area contributed by atoms with Gasteiger partial charge in [0.25, 0.3) is 5.91 Å². The summed E-state index contributed by atoms with van der Waals surface area (Å²) < 4.78 is 6.27. The lowest BCUT2D eigenvalue weighted by Gasteiger charge is -2.44. The number of rotatable bonds is 4. The second-order valence-corrected chi connectivity index (χ2v) is 10.9. The van der Waals surface area contributed by atoms with E-state index in [4.69, 9.17) is 4.74 Å². The smallest absolute Gasteiger partial charge is 0.410 e. The van der Waals surface area contributed by atoms with Gasteiger partial charge < -0.3 is 19.9 Å². The molecule has 8 nitrogen and oxygen atoms in total. The zero-order valence-corrected chi connectivity index (χ0v) is 20.8.